The molecule has 1 amide bonds. The van der Waals surface area contributed by atoms with E-state index < -0.39 is 0 Å². The summed E-state index contributed by atoms with van der Waals surface area (Å²) in [6.07, 6.45) is 6.22. The molecule has 0 aromatic rings. The van der Waals surface area contributed by atoms with Gasteiger partial charge in [-0.05, 0) is 57.7 Å². The highest BCUT2D eigenvalue weighted by Crippen LogP contribution is 2.22. The zero-order chi connectivity index (χ0) is 13.1. The van der Waals surface area contributed by atoms with E-state index in [1.807, 2.05) is 0 Å². The third kappa shape index (κ3) is 4.98. The van der Waals surface area contributed by atoms with Gasteiger partial charge in [-0.15, -0.1) is 24.8 Å². The van der Waals surface area contributed by atoms with Gasteiger partial charge in [-0.1, -0.05) is 0 Å². The fourth-order valence-corrected chi connectivity index (χ4v) is 3.79. The average molecular weight is 338 g/mol. The van der Waals surface area contributed by atoms with Gasteiger partial charge in [-0.3, -0.25) is 4.79 Å². The number of piperidine rings is 1. The van der Waals surface area contributed by atoms with Gasteiger partial charge in [0.2, 0.25) is 5.91 Å². The van der Waals surface area contributed by atoms with Crippen LogP contribution in [0.25, 0.3) is 0 Å². The molecule has 3 heterocycles. The molecular formula is C15H29Cl2N3O. The summed E-state index contributed by atoms with van der Waals surface area (Å²) >= 11 is 0. The number of halogens is 2. The highest BCUT2D eigenvalue weighted by Gasteiger charge is 2.30. The first-order chi connectivity index (χ1) is 9.33. The van der Waals surface area contributed by atoms with Gasteiger partial charge >= 0.3 is 0 Å². The van der Waals surface area contributed by atoms with Crippen LogP contribution in [0.5, 0.6) is 0 Å². The van der Waals surface area contributed by atoms with E-state index in [0.29, 0.717) is 5.91 Å². The van der Waals surface area contributed by atoms with Crippen LogP contribution in [-0.2, 0) is 4.79 Å². The smallest absolute Gasteiger partial charge is 0.227 e. The van der Waals surface area contributed by atoms with Crippen molar-refractivity contribution in [2.24, 2.45) is 11.8 Å². The maximum atomic E-state index is 12.3. The molecule has 1 unspecified atom stereocenters. The lowest BCUT2D eigenvalue weighted by molar-refractivity contribution is -0.136. The maximum Gasteiger partial charge on any atom is 0.227 e. The van der Waals surface area contributed by atoms with E-state index in [2.05, 4.69) is 15.1 Å². The number of hydrogen-bond acceptors (Lipinski definition) is 3. The van der Waals surface area contributed by atoms with Crippen molar-refractivity contribution in [1.29, 1.82) is 0 Å². The largest absolute Gasteiger partial charge is 0.342 e. The summed E-state index contributed by atoms with van der Waals surface area (Å²) in [5, 5.41) is 3.30. The van der Waals surface area contributed by atoms with E-state index in [9.17, 15) is 4.79 Å². The molecule has 1 N–H and O–H groups in total. The number of carbonyl (C=O) groups excluding carboxylic acids is 1. The Morgan fingerprint density at radius 1 is 1.00 bits per heavy atom. The fraction of sp³-hybridized carbons (Fsp3) is 0.933. The molecule has 3 aliphatic heterocycles. The molecule has 0 aromatic heterocycles. The molecule has 6 heteroatoms. The topological polar surface area (TPSA) is 35.6 Å². The average Bonchev–Trinajstić information content (AvgIpc) is 3.12. The van der Waals surface area contributed by atoms with Gasteiger partial charge in [0.15, 0.2) is 0 Å². The van der Waals surface area contributed by atoms with E-state index in [4.69, 9.17) is 0 Å². The van der Waals surface area contributed by atoms with Crippen molar-refractivity contribution in [2.45, 2.75) is 32.1 Å². The molecule has 4 nitrogen and oxygen atoms in total. The van der Waals surface area contributed by atoms with Crippen LogP contribution in [0.15, 0.2) is 0 Å². The van der Waals surface area contributed by atoms with E-state index in [1.54, 1.807) is 0 Å². The van der Waals surface area contributed by atoms with Crippen LogP contribution in [0.2, 0.25) is 0 Å². The molecule has 0 aromatic carbocycles. The summed E-state index contributed by atoms with van der Waals surface area (Å²) in [6, 6.07) is 0. The zero-order valence-electron chi connectivity index (χ0n) is 12.8. The van der Waals surface area contributed by atoms with Gasteiger partial charge in [0.05, 0.1) is 5.92 Å². The van der Waals surface area contributed by atoms with Gasteiger partial charge in [0, 0.05) is 26.2 Å². The Bertz CT molecular complexity index is 310. The molecule has 3 saturated heterocycles. The normalized spacial score (nSPS) is 27.2. The molecule has 124 valence electrons. The second-order valence-corrected chi connectivity index (χ2v) is 6.47. The summed E-state index contributed by atoms with van der Waals surface area (Å²) in [5.41, 5.74) is 0. The van der Waals surface area contributed by atoms with Crippen molar-refractivity contribution >= 4 is 30.7 Å². The van der Waals surface area contributed by atoms with Crippen LogP contribution >= 0.6 is 24.8 Å². The van der Waals surface area contributed by atoms with Crippen LogP contribution in [-0.4, -0.2) is 61.5 Å². The standard InChI is InChI=1S/C15H27N3O.2ClH/c19-15(14-3-6-16-11-14)18-9-4-13(5-10-18)12-17-7-1-2-8-17;;/h13-14,16H,1-12H2;2*1H. The van der Waals surface area contributed by atoms with E-state index in [-0.39, 0.29) is 30.7 Å². The molecule has 0 spiro atoms. The van der Waals surface area contributed by atoms with E-state index >= 15 is 0 Å². The number of rotatable bonds is 3. The number of hydrogen-bond donors (Lipinski definition) is 1. The summed E-state index contributed by atoms with van der Waals surface area (Å²) < 4.78 is 0. The summed E-state index contributed by atoms with van der Waals surface area (Å²) in [7, 11) is 0. The van der Waals surface area contributed by atoms with Crippen LogP contribution in [0.3, 0.4) is 0 Å². The van der Waals surface area contributed by atoms with Crippen LogP contribution < -0.4 is 5.32 Å². The minimum atomic E-state index is 0. The Labute approximate surface area is 140 Å². The van der Waals surface area contributed by atoms with E-state index in [0.717, 1.165) is 38.5 Å². The first-order valence-electron chi connectivity index (χ1n) is 8.05. The zero-order valence-corrected chi connectivity index (χ0v) is 14.4. The Kier molecular flexibility index (Phi) is 8.32. The summed E-state index contributed by atoms with van der Waals surface area (Å²) in [5.74, 6) is 1.49. The molecule has 0 aliphatic carbocycles. The Morgan fingerprint density at radius 2 is 1.67 bits per heavy atom. The SMILES string of the molecule is Cl.Cl.O=C(C1CCNC1)N1CCC(CN2CCCC2)CC1. The molecule has 3 rings (SSSR count). The third-order valence-corrected chi connectivity index (χ3v) is 5.05. The van der Waals surface area contributed by atoms with Crippen LogP contribution in [0.4, 0.5) is 0 Å². The molecule has 0 bridgehead atoms. The quantitative estimate of drug-likeness (QED) is 0.852. The fourth-order valence-electron chi connectivity index (χ4n) is 3.79. The predicted molar refractivity (Wildman–Crippen MR) is 90.5 cm³/mol. The van der Waals surface area contributed by atoms with Gasteiger partial charge in [0.25, 0.3) is 0 Å². The van der Waals surface area contributed by atoms with Crippen molar-refractivity contribution in [2.75, 3.05) is 45.8 Å². The van der Waals surface area contributed by atoms with Crippen LogP contribution in [0, 0.1) is 11.8 Å². The lowest BCUT2D eigenvalue weighted by Gasteiger charge is -2.35. The molecule has 1 atom stereocenters. The molecule has 0 saturated carbocycles. The summed E-state index contributed by atoms with van der Waals surface area (Å²) in [6.45, 7) is 7.77. The Balaban J connectivity index is 0.00000110. The minimum absolute atomic E-state index is 0. The first-order valence-corrected chi connectivity index (χ1v) is 8.05. The van der Waals surface area contributed by atoms with Crippen molar-refractivity contribution in [3.8, 4) is 0 Å². The number of nitrogens with one attached hydrogen (secondary N) is 1. The maximum absolute atomic E-state index is 12.3. The van der Waals surface area contributed by atoms with Crippen molar-refractivity contribution in [3.05, 3.63) is 0 Å². The van der Waals surface area contributed by atoms with E-state index in [1.165, 1.54) is 45.3 Å². The minimum Gasteiger partial charge on any atom is -0.342 e. The molecule has 0 radical (unpaired) electrons. The third-order valence-electron chi connectivity index (χ3n) is 5.05. The predicted octanol–water partition coefficient (Wildman–Crippen LogP) is 1.77. The monoisotopic (exact) mass is 337 g/mol. The Hall–Kier alpha value is -0.0300. The van der Waals surface area contributed by atoms with Crippen molar-refractivity contribution in [3.63, 3.8) is 0 Å². The number of likely N-dealkylation sites (tertiary alicyclic amines) is 2. The molecular weight excluding hydrogens is 309 g/mol. The number of amides is 1. The van der Waals surface area contributed by atoms with Crippen molar-refractivity contribution < 1.29 is 4.79 Å². The second-order valence-electron chi connectivity index (χ2n) is 6.47. The van der Waals surface area contributed by atoms with Crippen molar-refractivity contribution in [1.82, 2.24) is 15.1 Å². The Morgan fingerprint density at radius 3 is 2.24 bits per heavy atom. The van der Waals surface area contributed by atoms with Gasteiger partial charge in [-0.2, -0.15) is 0 Å². The molecule has 3 aliphatic rings. The molecule has 21 heavy (non-hydrogen) atoms. The van der Waals surface area contributed by atoms with Gasteiger partial charge in [-0.25, -0.2) is 0 Å². The lowest BCUT2D eigenvalue weighted by Crippen LogP contribution is -2.44. The lowest BCUT2D eigenvalue weighted by atomic mass is 9.95. The molecule has 3 fully saturated rings. The number of nitrogens with zero attached hydrogens (tertiary/aromatic N) is 2. The first kappa shape index (κ1) is 19.0. The highest BCUT2D eigenvalue weighted by molar-refractivity contribution is 5.85. The number of carbonyl (C=O) groups is 1. The van der Waals surface area contributed by atoms with Gasteiger partial charge in [0.1, 0.15) is 0 Å². The highest BCUT2D eigenvalue weighted by atomic mass is 35.5. The summed E-state index contributed by atoms with van der Waals surface area (Å²) in [4.78, 5) is 17.1. The van der Waals surface area contributed by atoms with Gasteiger partial charge < -0.3 is 15.1 Å². The second kappa shape index (κ2) is 9.19. The van der Waals surface area contributed by atoms with Crippen LogP contribution in [0.1, 0.15) is 32.1 Å².